The van der Waals surface area contributed by atoms with Gasteiger partial charge in [0, 0.05) is 31.8 Å². The van der Waals surface area contributed by atoms with Crippen LogP contribution in [0.3, 0.4) is 0 Å². The van der Waals surface area contributed by atoms with Crippen molar-refractivity contribution in [3.8, 4) is 0 Å². The SMILES string of the molecule is c1coc(CNCc2cn(C[C@H]3CCOC3)nn2)c1. The van der Waals surface area contributed by atoms with Gasteiger partial charge < -0.3 is 14.5 Å². The van der Waals surface area contributed by atoms with Crippen molar-refractivity contribution in [1.82, 2.24) is 20.3 Å². The Morgan fingerprint density at radius 3 is 3.21 bits per heavy atom. The van der Waals surface area contributed by atoms with Crippen LogP contribution in [0.1, 0.15) is 17.9 Å². The summed E-state index contributed by atoms with van der Waals surface area (Å²) < 4.78 is 12.5. The van der Waals surface area contributed by atoms with Crippen LogP contribution in [0.15, 0.2) is 29.0 Å². The average Bonchev–Trinajstić information content (AvgIpc) is 3.12. The number of hydrogen-bond donors (Lipinski definition) is 1. The van der Waals surface area contributed by atoms with Crippen LogP contribution in [-0.4, -0.2) is 28.2 Å². The minimum Gasteiger partial charge on any atom is -0.468 e. The van der Waals surface area contributed by atoms with Gasteiger partial charge in [-0.05, 0) is 18.6 Å². The summed E-state index contributed by atoms with van der Waals surface area (Å²) in [5.41, 5.74) is 0.950. The van der Waals surface area contributed by atoms with Gasteiger partial charge in [0.15, 0.2) is 0 Å². The zero-order valence-corrected chi connectivity index (χ0v) is 10.8. The number of rotatable bonds is 6. The molecule has 1 atom stereocenters. The predicted octanol–water partition coefficient (Wildman–Crippen LogP) is 1.20. The van der Waals surface area contributed by atoms with E-state index in [0.717, 1.165) is 37.6 Å². The van der Waals surface area contributed by atoms with Crippen molar-refractivity contribution >= 4 is 0 Å². The first-order valence-corrected chi connectivity index (χ1v) is 6.60. The summed E-state index contributed by atoms with van der Waals surface area (Å²) in [7, 11) is 0. The molecular weight excluding hydrogens is 244 g/mol. The highest BCUT2D eigenvalue weighted by atomic mass is 16.5. The van der Waals surface area contributed by atoms with Crippen LogP contribution in [0.5, 0.6) is 0 Å². The molecule has 2 aromatic rings. The van der Waals surface area contributed by atoms with Gasteiger partial charge >= 0.3 is 0 Å². The first-order chi connectivity index (χ1) is 9.40. The van der Waals surface area contributed by atoms with Crippen molar-refractivity contribution in [3.05, 3.63) is 36.0 Å². The van der Waals surface area contributed by atoms with E-state index in [9.17, 15) is 0 Å². The molecule has 0 aromatic carbocycles. The molecule has 6 heteroatoms. The minimum atomic E-state index is 0.575. The highest BCUT2D eigenvalue weighted by molar-refractivity contribution is 4.98. The lowest BCUT2D eigenvalue weighted by atomic mass is 10.1. The van der Waals surface area contributed by atoms with Gasteiger partial charge in [0.05, 0.1) is 25.1 Å². The molecule has 6 nitrogen and oxygen atoms in total. The molecule has 0 bridgehead atoms. The average molecular weight is 262 g/mol. The number of nitrogens with zero attached hydrogens (tertiary/aromatic N) is 3. The van der Waals surface area contributed by atoms with Crippen LogP contribution in [0.25, 0.3) is 0 Å². The van der Waals surface area contributed by atoms with Gasteiger partial charge in [0.2, 0.25) is 0 Å². The fourth-order valence-electron chi connectivity index (χ4n) is 2.23. The number of nitrogens with one attached hydrogen (secondary N) is 1. The van der Waals surface area contributed by atoms with E-state index in [2.05, 4.69) is 15.6 Å². The van der Waals surface area contributed by atoms with Crippen molar-refractivity contribution < 1.29 is 9.15 Å². The second kappa shape index (κ2) is 5.99. The molecule has 19 heavy (non-hydrogen) atoms. The molecule has 0 aliphatic carbocycles. The second-order valence-electron chi connectivity index (χ2n) is 4.84. The number of hydrogen-bond acceptors (Lipinski definition) is 5. The summed E-state index contributed by atoms with van der Waals surface area (Å²) in [4.78, 5) is 0. The number of furan rings is 1. The first kappa shape index (κ1) is 12.4. The summed E-state index contributed by atoms with van der Waals surface area (Å²) in [5.74, 6) is 1.50. The molecule has 3 rings (SSSR count). The Morgan fingerprint density at radius 2 is 2.42 bits per heavy atom. The summed E-state index contributed by atoms with van der Waals surface area (Å²) in [6, 6.07) is 3.83. The third kappa shape index (κ3) is 3.42. The molecule has 1 aliphatic heterocycles. The minimum absolute atomic E-state index is 0.575. The van der Waals surface area contributed by atoms with Crippen LogP contribution in [-0.2, 0) is 24.4 Å². The van der Waals surface area contributed by atoms with Crippen molar-refractivity contribution in [1.29, 1.82) is 0 Å². The lowest BCUT2D eigenvalue weighted by Crippen LogP contribution is -2.12. The van der Waals surface area contributed by atoms with E-state index in [4.69, 9.17) is 9.15 Å². The van der Waals surface area contributed by atoms with E-state index < -0.39 is 0 Å². The Balaban J connectivity index is 1.45. The topological polar surface area (TPSA) is 65.1 Å². The molecule has 1 N–H and O–H groups in total. The highest BCUT2D eigenvalue weighted by Crippen LogP contribution is 2.14. The molecule has 3 heterocycles. The van der Waals surface area contributed by atoms with Crippen LogP contribution in [0.2, 0.25) is 0 Å². The van der Waals surface area contributed by atoms with E-state index >= 15 is 0 Å². The van der Waals surface area contributed by atoms with Gasteiger partial charge in [-0.2, -0.15) is 0 Å². The molecule has 0 spiro atoms. The van der Waals surface area contributed by atoms with Crippen molar-refractivity contribution in [2.75, 3.05) is 13.2 Å². The molecule has 1 saturated heterocycles. The van der Waals surface area contributed by atoms with E-state index in [1.807, 2.05) is 23.0 Å². The van der Waals surface area contributed by atoms with Crippen LogP contribution < -0.4 is 5.32 Å². The Morgan fingerprint density at radius 1 is 1.42 bits per heavy atom. The first-order valence-electron chi connectivity index (χ1n) is 6.60. The molecule has 0 unspecified atom stereocenters. The molecule has 2 aromatic heterocycles. The third-order valence-electron chi connectivity index (χ3n) is 3.24. The molecular formula is C13H18N4O2. The largest absolute Gasteiger partial charge is 0.468 e. The maximum atomic E-state index is 5.36. The van der Waals surface area contributed by atoms with Crippen molar-refractivity contribution in [2.24, 2.45) is 5.92 Å². The summed E-state index contributed by atoms with van der Waals surface area (Å²) in [5, 5.41) is 11.6. The smallest absolute Gasteiger partial charge is 0.117 e. The lowest BCUT2D eigenvalue weighted by molar-refractivity contribution is 0.181. The van der Waals surface area contributed by atoms with Gasteiger partial charge in [0.25, 0.3) is 0 Å². The molecule has 102 valence electrons. The predicted molar refractivity (Wildman–Crippen MR) is 68.2 cm³/mol. The van der Waals surface area contributed by atoms with Gasteiger partial charge in [-0.15, -0.1) is 5.10 Å². The van der Waals surface area contributed by atoms with Crippen LogP contribution in [0, 0.1) is 5.92 Å². The Hall–Kier alpha value is -1.66. The lowest BCUT2D eigenvalue weighted by Gasteiger charge is -2.05. The normalized spacial score (nSPS) is 19.1. The summed E-state index contributed by atoms with van der Waals surface area (Å²) in [6.07, 6.45) is 4.79. The zero-order chi connectivity index (χ0) is 12.9. The third-order valence-corrected chi connectivity index (χ3v) is 3.24. The quantitative estimate of drug-likeness (QED) is 0.847. The maximum Gasteiger partial charge on any atom is 0.117 e. The molecule has 1 aliphatic rings. The van der Waals surface area contributed by atoms with Crippen LogP contribution >= 0.6 is 0 Å². The Labute approximate surface area is 111 Å². The van der Waals surface area contributed by atoms with Gasteiger partial charge in [0.1, 0.15) is 5.76 Å². The van der Waals surface area contributed by atoms with Gasteiger partial charge in [-0.1, -0.05) is 5.21 Å². The van der Waals surface area contributed by atoms with E-state index in [1.165, 1.54) is 0 Å². The molecule has 0 saturated carbocycles. The fraction of sp³-hybridized carbons (Fsp3) is 0.538. The Bertz CT molecular complexity index is 488. The maximum absolute atomic E-state index is 5.36. The van der Waals surface area contributed by atoms with Crippen molar-refractivity contribution in [3.63, 3.8) is 0 Å². The molecule has 1 fully saturated rings. The highest BCUT2D eigenvalue weighted by Gasteiger charge is 2.16. The Kier molecular flexibility index (Phi) is 3.90. The van der Waals surface area contributed by atoms with E-state index in [1.54, 1.807) is 6.26 Å². The van der Waals surface area contributed by atoms with E-state index in [-0.39, 0.29) is 0 Å². The molecule has 0 radical (unpaired) electrons. The van der Waals surface area contributed by atoms with Gasteiger partial charge in [-0.3, -0.25) is 4.68 Å². The molecule has 0 amide bonds. The van der Waals surface area contributed by atoms with Gasteiger partial charge in [-0.25, -0.2) is 0 Å². The standard InChI is InChI=1S/C13H18N4O2/c1-2-13(19-4-1)7-14-6-12-9-17(16-15-12)8-11-3-5-18-10-11/h1-2,4,9,11,14H,3,5-8,10H2/t11-/m1/s1. The van der Waals surface area contributed by atoms with Crippen LogP contribution in [0.4, 0.5) is 0 Å². The zero-order valence-electron chi connectivity index (χ0n) is 10.8. The monoisotopic (exact) mass is 262 g/mol. The fourth-order valence-corrected chi connectivity index (χ4v) is 2.23. The van der Waals surface area contributed by atoms with Crippen molar-refractivity contribution in [2.45, 2.75) is 26.1 Å². The summed E-state index contributed by atoms with van der Waals surface area (Å²) in [6.45, 7) is 4.01. The van der Waals surface area contributed by atoms with E-state index in [0.29, 0.717) is 19.0 Å². The number of ether oxygens (including phenoxy) is 1. The summed E-state index contributed by atoms with van der Waals surface area (Å²) >= 11 is 0. The second-order valence-corrected chi connectivity index (χ2v) is 4.84. The number of aromatic nitrogens is 3.